The van der Waals surface area contributed by atoms with E-state index in [4.69, 9.17) is 4.74 Å². The van der Waals surface area contributed by atoms with E-state index >= 15 is 0 Å². The second kappa shape index (κ2) is 11.2. The average molecular weight is 594 g/mol. The van der Waals surface area contributed by atoms with Crippen LogP contribution in [0.3, 0.4) is 0 Å². The second-order valence-corrected chi connectivity index (χ2v) is 12.7. The fourth-order valence-corrected chi connectivity index (χ4v) is 7.72. The van der Waals surface area contributed by atoms with Gasteiger partial charge in [0.15, 0.2) is 0 Å². The third kappa shape index (κ3) is 4.64. The van der Waals surface area contributed by atoms with Gasteiger partial charge >= 0.3 is 0 Å². The van der Waals surface area contributed by atoms with Crippen LogP contribution in [-0.2, 0) is 4.74 Å². The largest absolute Gasteiger partial charge is 0.485 e. The fourth-order valence-electron chi connectivity index (χ4n) is 7.72. The lowest BCUT2D eigenvalue weighted by Gasteiger charge is -2.32. The van der Waals surface area contributed by atoms with Crippen molar-refractivity contribution in [2.24, 2.45) is 0 Å². The van der Waals surface area contributed by atoms with Gasteiger partial charge in [-0.3, -0.25) is 0 Å². The predicted octanol–water partition coefficient (Wildman–Crippen LogP) is 11.7. The monoisotopic (exact) mass is 593 g/mol. The molecule has 5 aromatic rings. The van der Waals surface area contributed by atoms with Crippen molar-refractivity contribution in [2.75, 3.05) is 4.90 Å². The molecule has 1 atom stereocenters. The van der Waals surface area contributed by atoms with Crippen LogP contribution in [0.1, 0.15) is 32.1 Å². The topological polar surface area (TPSA) is 12.5 Å². The number of rotatable bonds is 5. The summed E-state index contributed by atoms with van der Waals surface area (Å²) in [5.41, 5.74) is 11.8. The Morgan fingerprint density at radius 1 is 0.609 bits per heavy atom. The molecule has 0 aromatic heterocycles. The molecule has 0 fully saturated rings. The third-order valence-electron chi connectivity index (χ3n) is 10.0. The molecule has 9 rings (SSSR count). The van der Waals surface area contributed by atoms with Crippen LogP contribution in [0.5, 0.6) is 0 Å². The van der Waals surface area contributed by atoms with Crippen LogP contribution in [0.25, 0.3) is 32.7 Å². The van der Waals surface area contributed by atoms with Crippen molar-refractivity contribution < 1.29 is 4.74 Å². The first-order valence-corrected chi connectivity index (χ1v) is 16.5. The van der Waals surface area contributed by atoms with Crippen molar-refractivity contribution in [1.82, 2.24) is 0 Å². The summed E-state index contributed by atoms with van der Waals surface area (Å²) in [6.07, 6.45) is 19.1. The maximum atomic E-state index is 6.40. The van der Waals surface area contributed by atoms with Gasteiger partial charge in [0.05, 0.1) is 5.69 Å². The SMILES string of the molecule is C1=CC2=C(CC1)C1=CC=C(C3=CC=C(N(c4ccc(-c5cccc6ccccc56)cc4)c4cccc5ccccc45)CC3)CC1O2. The quantitative estimate of drug-likeness (QED) is 0.201. The first kappa shape index (κ1) is 27.0. The summed E-state index contributed by atoms with van der Waals surface area (Å²) >= 11 is 0. The molecular formula is C44H35NO. The van der Waals surface area contributed by atoms with E-state index in [1.54, 1.807) is 0 Å². The highest BCUT2D eigenvalue weighted by molar-refractivity contribution is 5.99. The van der Waals surface area contributed by atoms with Gasteiger partial charge < -0.3 is 9.64 Å². The van der Waals surface area contributed by atoms with Gasteiger partial charge in [0.25, 0.3) is 0 Å². The molecule has 46 heavy (non-hydrogen) atoms. The standard InChI is InChI=1S/C44H35NO/c1-3-13-37-31(9-1)11-7-16-38(37)33-21-26-36(27-22-33)45(42-17-8-12-32-10-2-4-14-39(32)42)35-24-19-30(20-25-35)34-23-28-41-40-15-5-6-18-43(40)46-44(41)29-34/h1-4,6-14,16-19,21-24,26-28,44H,5,15,20,25,29H2. The van der Waals surface area contributed by atoms with Gasteiger partial charge in [0, 0.05) is 28.8 Å². The molecule has 2 heteroatoms. The molecule has 0 saturated carbocycles. The molecule has 4 aliphatic rings. The highest BCUT2D eigenvalue weighted by atomic mass is 16.5. The van der Waals surface area contributed by atoms with Crippen molar-refractivity contribution in [3.05, 3.63) is 179 Å². The van der Waals surface area contributed by atoms with Gasteiger partial charge in [0.1, 0.15) is 11.9 Å². The lowest BCUT2D eigenvalue weighted by molar-refractivity contribution is 0.175. The molecule has 1 unspecified atom stereocenters. The van der Waals surface area contributed by atoms with Crippen LogP contribution in [0, 0.1) is 0 Å². The molecule has 0 spiro atoms. The smallest absolute Gasteiger partial charge is 0.128 e. The van der Waals surface area contributed by atoms with Crippen LogP contribution in [0.15, 0.2) is 179 Å². The molecule has 0 radical (unpaired) electrons. The fraction of sp³-hybridized carbons (Fsp3) is 0.136. The molecular weight excluding hydrogens is 558 g/mol. The molecule has 2 nitrogen and oxygen atoms in total. The molecule has 3 aliphatic carbocycles. The summed E-state index contributed by atoms with van der Waals surface area (Å²) in [7, 11) is 0. The molecule has 1 aliphatic heterocycles. The number of nitrogens with zero attached hydrogens (tertiary/aromatic N) is 1. The van der Waals surface area contributed by atoms with E-state index in [9.17, 15) is 0 Å². The zero-order chi connectivity index (χ0) is 30.5. The van der Waals surface area contributed by atoms with Gasteiger partial charge in [-0.15, -0.1) is 0 Å². The van der Waals surface area contributed by atoms with Crippen molar-refractivity contribution in [1.29, 1.82) is 0 Å². The van der Waals surface area contributed by atoms with Crippen molar-refractivity contribution in [2.45, 2.75) is 38.2 Å². The highest BCUT2D eigenvalue weighted by Gasteiger charge is 2.33. The van der Waals surface area contributed by atoms with E-state index in [-0.39, 0.29) is 6.10 Å². The number of benzene rings is 5. The summed E-state index contributed by atoms with van der Waals surface area (Å²) in [6, 6.07) is 39.7. The van der Waals surface area contributed by atoms with Gasteiger partial charge in [-0.25, -0.2) is 0 Å². The maximum absolute atomic E-state index is 6.40. The van der Waals surface area contributed by atoms with Crippen molar-refractivity contribution >= 4 is 32.9 Å². The average Bonchev–Trinajstić information content (AvgIpc) is 3.50. The minimum Gasteiger partial charge on any atom is -0.485 e. The lowest BCUT2D eigenvalue weighted by atomic mass is 9.84. The van der Waals surface area contributed by atoms with Crippen LogP contribution in [-0.4, -0.2) is 6.10 Å². The van der Waals surface area contributed by atoms with Gasteiger partial charge in [-0.2, -0.15) is 0 Å². The Bertz CT molecular complexity index is 2190. The number of anilines is 2. The summed E-state index contributed by atoms with van der Waals surface area (Å²) in [4.78, 5) is 2.47. The van der Waals surface area contributed by atoms with Gasteiger partial charge in [-0.1, -0.05) is 115 Å². The summed E-state index contributed by atoms with van der Waals surface area (Å²) < 4.78 is 6.40. The Hall–Kier alpha value is -5.34. The summed E-state index contributed by atoms with van der Waals surface area (Å²) in [6.45, 7) is 0. The van der Waals surface area contributed by atoms with Crippen molar-refractivity contribution in [3.63, 3.8) is 0 Å². The van der Waals surface area contributed by atoms with E-state index in [1.807, 2.05) is 0 Å². The van der Waals surface area contributed by atoms with E-state index in [0.29, 0.717) is 0 Å². The Balaban J connectivity index is 1.09. The van der Waals surface area contributed by atoms with E-state index in [0.717, 1.165) is 37.9 Å². The number of hydrogen-bond donors (Lipinski definition) is 0. The maximum Gasteiger partial charge on any atom is 0.128 e. The van der Waals surface area contributed by atoms with Crippen LogP contribution in [0.4, 0.5) is 11.4 Å². The number of fused-ring (bicyclic) bond motifs is 4. The Kier molecular flexibility index (Phi) is 6.59. The lowest BCUT2D eigenvalue weighted by Crippen LogP contribution is -2.19. The van der Waals surface area contributed by atoms with E-state index < -0.39 is 0 Å². The molecule has 1 heterocycles. The third-order valence-corrected chi connectivity index (χ3v) is 10.0. The molecule has 0 bridgehead atoms. The zero-order valence-electron chi connectivity index (χ0n) is 25.8. The number of ether oxygens (including phenoxy) is 1. The first-order valence-electron chi connectivity index (χ1n) is 16.5. The van der Waals surface area contributed by atoms with Crippen LogP contribution in [0.2, 0.25) is 0 Å². The minimum absolute atomic E-state index is 0.159. The van der Waals surface area contributed by atoms with E-state index in [1.165, 1.54) is 72.0 Å². The first-order chi connectivity index (χ1) is 22.8. The highest BCUT2D eigenvalue weighted by Crippen LogP contribution is 2.44. The summed E-state index contributed by atoms with van der Waals surface area (Å²) in [5.74, 6) is 1.09. The molecule has 5 aromatic carbocycles. The minimum atomic E-state index is 0.159. The number of allylic oxidation sites excluding steroid dienone is 8. The summed E-state index contributed by atoms with van der Waals surface area (Å²) in [5, 5.41) is 5.06. The Morgan fingerprint density at radius 3 is 2.17 bits per heavy atom. The van der Waals surface area contributed by atoms with Crippen LogP contribution >= 0.6 is 0 Å². The Labute approximate surface area is 270 Å². The van der Waals surface area contributed by atoms with Gasteiger partial charge in [0.2, 0.25) is 0 Å². The second-order valence-electron chi connectivity index (χ2n) is 12.7. The molecule has 0 amide bonds. The molecule has 222 valence electrons. The Morgan fingerprint density at radius 2 is 1.35 bits per heavy atom. The van der Waals surface area contributed by atoms with Gasteiger partial charge in [-0.05, 0) is 100 Å². The zero-order valence-corrected chi connectivity index (χ0v) is 25.8. The van der Waals surface area contributed by atoms with Crippen LogP contribution < -0.4 is 4.90 Å². The van der Waals surface area contributed by atoms with E-state index in [2.05, 4.69) is 151 Å². The van der Waals surface area contributed by atoms with Crippen molar-refractivity contribution in [3.8, 4) is 11.1 Å². The predicted molar refractivity (Wildman–Crippen MR) is 192 cm³/mol. The molecule has 0 N–H and O–H groups in total. The molecule has 0 saturated heterocycles. The normalized spacial score (nSPS) is 18.7. The number of hydrogen-bond acceptors (Lipinski definition) is 2.